The Labute approximate surface area is 133 Å². The van der Waals surface area contributed by atoms with Gasteiger partial charge in [0, 0.05) is 18.7 Å². The summed E-state index contributed by atoms with van der Waals surface area (Å²) >= 11 is 3.62. The fraction of sp³-hybridized carbons (Fsp3) is 0.467. The molecule has 0 saturated carbocycles. The van der Waals surface area contributed by atoms with Crippen LogP contribution in [0.25, 0.3) is 0 Å². The number of halogens is 1. The maximum absolute atomic E-state index is 5.82. The largest absolute Gasteiger partial charge is 0.486 e. The van der Waals surface area contributed by atoms with Crippen LogP contribution in [0.1, 0.15) is 30.9 Å². The van der Waals surface area contributed by atoms with E-state index in [1.54, 1.807) is 6.20 Å². The Morgan fingerprint density at radius 3 is 2.71 bits per heavy atom. The van der Waals surface area contributed by atoms with Crippen LogP contribution in [0.2, 0.25) is 0 Å². The summed E-state index contributed by atoms with van der Waals surface area (Å²) in [6.07, 6.45) is 3.43. The zero-order valence-corrected chi connectivity index (χ0v) is 14.1. The van der Waals surface area contributed by atoms with Gasteiger partial charge in [0.1, 0.15) is 12.4 Å². The second-order valence-electron chi connectivity index (χ2n) is 4.69. The van der Waals surface area contributed by atoms with Crippen LogP contribution in [-0.2, 0) is 26.0 Å². The fourth-order valence-electron chi connectivity index (χ4n) is 2.10. The number of aromatic nitrogens is 3. The topological polar surface area (TPSA) is 66.0 Å². The van der Waals surface area contributed by atoms with Crippen LogP contribution < -0.4 is 10.5 Å². The Balaban J connectivity index is 2.07. The van der Waals surface area contributed by atoms with Crippen LogP contribution >= 0.6 is 15.9 Å². The SMILES string of the molecule is CCc1nn(CC)c(COc2ccc(CCN)nc2)c1Br. The van der Waals surface area contributed by atoms with E-state index < -0.39 is 0 Å². The summed E-state index contributed by atoms with van der Waals surface area (Å²) in [6.45, 7) is 6.07. The highest BCUT2D eigenvalue weighted by Gasteiger charge is 2.14. The summed E-state index contributed by atoms with van der Waals surface area (Å²) in [6, 6.07) is 3.88. The highest BCUT2D eigenvalue weighted by Crippen LogP contribution is 2.23. The number of aryl methyl sites for hydroxylation is 2. The van der Waals surface area contributed by atoms with E-state index in [9.17, 15) is 0 Å². The molecule has 0 aliphatic heterocycles. The molecule has 0 aromatic carbocycles. The Morgan fingerprint density at radius 1 is 1.33 bits per heavy atom. The Morgan fingerprint density at radius 2 is 2.14 bits per heavy atom. The third-order valence-electron chi connectivity index (χ3n) is 3.27. The molecule has 2 aromatic heterocycles. The molecule has 2 N–H and O–H groups in total. The van der Waals surface area contributed by atoms with E-state index >= 15 is 0 Å². The number of nitrogens with zero attached hydrogens (tertiary/aromatic N) is 3. The van der Waals surface area contributed by atoms with Crippen molar-refractivity contribution in [3.8, 4) is 5.75 Å². The lowest BCUT2D eigenvalue weighted by Gasteiger charge is -2.08. The Bertz CT molecular complexity index is 580. The van der Waals surface area contributed by atoms with Crippen molar-refractivity contribution in [3.63, 3.8) is 0 Å². The highest BCUT2D eigenvalue weighted by molar-refractivity contribution is 9.10. The lowest BCUT2D eigenvalue weighted by atomic mass is 10.3. The molecule has 0 bridgehead atoms. The first-order valence-electron chi connectivity index (χ1n) is 7.21. The van der Waals surface area contributed by atoms with Gasteiger partial charge in [-0.1, -0.05) is 6.92 Å². The standard InChI is InChI=1S/C15H21BrN4O/c1-3-13-15(16)14(20(4-2)19-13)10-21-12-6-5-11(7-8-17)18-9-12/h5-6,9H,3-4,7-8,10,17H2,1-2H3. The van der Waals surface area contributed by atoms with E-state index in [4.69, 9.17) is 10.5 Å². The Hall–Kier alpha value is -1.40. The van der Waals surface area contributed by atoms with E-state index in [2.05, 4.69) is 39.9 Å². The molecule has 0 saturated heterocycles. The van der Waals surface area contributed by atoms with E-state index in [-0.39, 0.29) is 0 Å². The van der Waals surface area contributed by atoms with Crippen molar-refractivity contribution in [1.29, 1.82) is 0 Å². The molecular formula is C15H21BrN4O. The van der Waals surface area contributed by atoms with Crippen LogP contribution in [-0.4, -0.2) is 21.3 Å². The Kier molecular flexibility index (Phi) is 5.76. The van der Waals surface area contributed by atoms with Gasteiger partial charge >= 0.3 is 0 Å². The van der Waals surface area contributed by atoms with Gasteiger partial charge in [-0.05, 0) is 48.0 Å². The third kappa shape index (κ3) is 3.83. The molecule has 0 amide bonds. The van der Waals surface area contributed by atoms with E-state index in [0.717, 1.165) is 46.7 Å². The molecule has 2 heterocycles. The zero-order valence-electron chi connectivity index (χ0n) is 12.5. The zero-order chi connectivity index (χ0) is 15.2. The summed E-state index contributed by atoms with van der Waals surface area (Å²) in [5.74, 6) is 0.754. The maximum atomic E-state index is 5.82. The quantitative estimate of drug-likeness (QED) is 0.831. The highest BCUT2D eigenvalue weighted by atomic mass is 79.9. The second-order valence-corrected chi connectivity index (χ2v) is 5.48. The van der Waals surface area contributed by atoms with Crippen molar-refractivity contribution < 1.29 is 4.74 Å². The molecule has 0 unspecified atom stereocenters. The predicted molar refractivity (Wildman–Crippen MR) is 86.3 cm³/mol. The van der Waals surface area contributed by atoms with Gasteiger partial charge in [0.25, 0.3) is 0 Å². The van der Waals surface area contributed by atoms with Crippen LogP contribution in [0.15, 0.2) is 22.8 Å². The van der Waals surface area contributed by atoms with Gasteiger partial charge in [-0.2, -0.15) is 5.10 Å². The molecule has 0 aliphatic carbocycles. The normalized spacial score (nSPS) is 10.9. The van der Waals surface area contributed by atoms with E-state index in [1.165, 1.54) is 0 Å². The molecule has 6 heteroatoms. The molecule has 2 rings (SSSR count). The molecule has 0 aliphatic rings. The third-order valence-corrected chi connectivity index (χ3v) is 4.18. The number of hydrogen-bond donors (Lipinski definition) is 1. The van der Waals surface area contributed by atoms with Crippen molar-refractivity contribution in [1.82, 2.24) is 14.8 Å². The molecule has 0 radical (unpaired) electrons. The van der Waals surface area contributed by atoms with E-state index in [1.807, 2.05) is 16.8 Å². The summed E-state index contributed by atoms with van der Waals surface area (Å²) < 4.78 is 8.83. The van der Waals surface area contributed by atoms with Gasteiger partial charge in [-0.3, -0.25) is 9.67 Å². The minimum absolute atomic E-state index is 0.472. The van der Waals surface area contributed by atoms with Crippen LogP contribution in [0, 0.1) is 0 Å². The summed E-state index contributed by atoms with van der Waals surface area (Å²) in [5.41, 5.74) is 8.61. The average Bonchev–Trinajstić information content (AvgIpc) is 2.82. The first-order chi connectivity index (χ1) is 10.2. The molecule has 0 atom stereocenters. The van der Waals surface area contributed by atoms with Crippen LogP contribution in [0.4, 0.5) is 0 Å². The summed E-state index contributed by atoms with van der Waals surface area (Å²) in [4.78, 5) is 4.33. The van der Waals surface area contributed by atoms with Gasteiger partial charge in [-0.15, -0.1) is 0 Å². The molecular weight excluding hydrogens is 332 g/mol. The molecule has 2 aromatic rings. The van der Waals surface area contributed by atoms with Gasteiger partial charge in [0.05, 0.1) is 22.1 Å². The monoisotopic (exact) mass is 352 g/mol. The van der Waals surface area contributed by atoms with Gasteiger partial charge in [0.2, 0.25) is 0 Å². The molecule has 5 nitrogen and oxygen atoms in total. The fourth-order valence-corrected chi connectivity index (χ4v) is 2.78. The van der Waals surface area contributed by atoms with Crippen molar-refractivity contribution in [2.24, 2.45) is 5.73 Å². The average molecular weight is 353 g/mol. The second kappa shape index (κ2) is 7.56. The van der Waals surface area contributed by atoms with Crippen LogP contribution in [0.5, 0.6) is 5.75 Å². The van der Waals surface area contributed by atoms with Crippen molar-refractivity contribution in [3.05, 3.63) is 39.9 Å². The van der Waals surface area contributed by atoms with Crippen molar-refractivity contribution in [2.75, 3.05) is 6.54 Å². The number of hydrogen-bond acceptors (Lipinski definition) is 4. The summed E-state index contributed by atoms with van der Waals surface area (Å²) in [7, 11) is 0. The van der Waals surface area contributed by atoms with Gasteiger partial charge in [0.15, 0.2) is 0 Å². The maximum Gasteiger partial charge on any atom is 0.138 e. The van der Waals surface area contributed by atoms with Crippen LogP contribution in [0.3, 0.4) is 0 Å². The number of pyridine rings is 1. The van der Waals surface area contributed by atoms with E-state index in [0.29, 0.717) is 13.2 Å². The van der Waals surface area contributed by atoms with Crippen molar-refractivity contribution in [2.45, 2.75) is 39.8 Å². The number of rotatable bonds is 7. The molecule has 114 valence electrons. The summed E-state index contributed by atoms with van der Waals surface area (Å²) in [5, 5.41) is 4.56. The van der Waals surface area contributed by atoms with Gasteiger partial charge in [-0.25, -0.2) is 0 Å². The molecule has 0 spiro atoms. The number of ether oxygens (including phenoxy) is 1. The first-order valence-corrected chi connectivity index (χ1v) is 8.00. The lowest BCUT2D eigenvalue weighted by Crippen LogP contribution is -2.07. The number of nitrogens with two attached hydrogens (primary N) is 1. The van der Waals surface area contributed by atoms with Crippen molar-refractivity contribution >= 4 is 15.9 Å². The minimum atomic E-state index is 0.472. The molecule has 21 heavy (non-hydrogen) atoms. The minimum Gasteiger partial charge on any atom is -0.486 e. The molecule has 0 fully saturated rings. The smallest absolute Gasteiger partial charge is 0.138 e. The lowest BCUT2D eigenvalue weighted by molar-refractivity contribution is 0.290. The predicted octanol–water partition coefficient (Wildman–Crippen LogP) is 2.70. The van der Waals surface area contributed by atoms with Gasteiger partial charge < -0.3 is 10.5 Å². The first kappa shape index (κ1) is 16.0.